The Morgan fingerprint density at radius 2 is 2.00 bits per heavy atom. The van der Waals surface area contributed by atoms with Gasteiger partial charge in [-0.15, -0.1) is 0 Å². The van der Waals surface area contributed by atoms with Crippen LogP contribution in [0.1, 0.15) is 0 Å². The maximum Gasteiger partial charge on any atom is 0.137 e. The van der Waals surface area contributed by atoms with E-state index in [1.165, 1.54) is 6.33 Å². The molecule has 6 nitrogen and oxygen atoms in total. The lowest BCUT2D eigenvalue weighted by Crippen LogP contribution is -1.90. The van der Waals surface area contributed by atoms with E-state index in [0.717, 1.165) is 33.5 Å². The average molecular weight is 276 g/mol. The molecule has 0 saturated heterocycles. The summed E-state index contributed by atoms with van der Waals surface area (Å²) in [6, 6.07) is 5.88. The Morgan fingerprint density at radius 1 is 1.05 bits per heavy atom. The van der Waals surface area contributed by atoms with Crippen molar-refractivity contribution in [1.82, 2.24) is 29.7 Å². The zero-order valence-electron chi connectivity index (χ0n) is 11.4. The highest BCUT2D eigenvalue weighted by Gasteiger charge is 2.15. The molecule has 4 rings (SSSR count). The second-order valence-electron chi connectivity index (χ2n) is 4.76. The fraction of sp³-hybridized carbons (Fsp3) is 0.0667. The lowest BCUT2D eigenvalue weighted by atomic mass is 10.0. The van der Waals surface area contributed by atoms with Gasteiger partial charge in [-0.25, -0.2) is 15.0 Å². The van der Waals surface area contributed by atoms with Crippen LogP contribution in [0, 0.1) is 0 Å². The molecule has 0 atom stereocenters. The molecule has 4 aromatic heterocycles. The van der Waals surface area contributed by atoms with Crippen molar-refractivity contribution < 1.29 is 0 Å². The number of aromatic nitrogens is 6. The summed E-state index contributed by atoms with van der Waals surface area (Å²) in [7, 11) is 1.91. The zero-order valence-corrected chi connectivity index (χ0v) is 11.4. The van der Waals surface area contributed by atoms with Crippen LogP contribution in [-0.4, -0.2) is 29.7 Å². The quantitative estimate of drug-likeness (QED) is 0.610. The van der Waals surface area contributed by atoms with Crippen LogP contribution in [0.4, 0.5) is 0 Å². The minimum Gasteiger partial charge on any atom is -0.346 e. The van der Waals surface area contributed by atoms with E-state index in [9.17, 15) is 0 Å². The van der Waals surface area contributed by atoms with Gasteiger partial charge in [0, 0.05) is 42.8 Å². The summed E-state index contributed by atoms with van der Waals surface area (Å²) < 4.78 is 1.80. The van der Waals surface area contributed by atoms with Gasteiger partial charge in [0.2, 0.25) is 0 Å². The van der Waals surface area contributed by atoms with E-state index in [1.54, 1.807) is 17.1 Å². The molecule has 0 aliphatic heterocycles. The van der Waals surface area contributed by atoms with E-state index in [-0.39, 0.29) is 0 Å². The third-order valence-corrected chi connectivity index (χ3v) is 3.40. The standard InChI is InChI=1S/C15H12N6/c1-21-8-12(14(20-21)13-4-5-16-9-19-13)10-2-6-17-15-11(10)3-7-18-15/h2-9H,1H3,(H,17,18). The number of fused-ring (bicyclic) bond motifs is 1. The molecule has 0 aliphatic rings. The van der Waals surface area contributed by atoms with Gasteiger partial charge in [-0.3, -0.25) is 4.68 Å². The molecule has 0 unspecified atom stereocenters. The highest BCUT2D eigenvalue weighted by atomic mass is 15.3. The number of hydrogen-bond acceptors (Lipinski definition) is 4. The van der Waals surface area contributed by atoms with Gasteiger partial charge in [-0.05, 0) is 23.8 Å². The van der Waals surface area contributed by atoms with Crippen molar-refractivity contribution in [2.24, 2.45) is 7.05 Å². The molecule has 4 aromatic rings. The van der Waals surface area contributed by atoms with Crippen LogP contribution < -0.4 is 0 Å². The number of aryl methyl sites for hydroxylation is 1. The molecule has 0 amide bonds. The minimum absolute atomic E-state index is 0.807. The largest absolute Gasteiger partial charge is 0.346 e. The lowest BCUT2D eigenvalue weighted by molar-refractivity contribution is 0.770. The highest BCUT2D eigenvalue weighted by molar-refractivity contribution is 5.96. The van der Waals surface area contributed by atoms with Crippen molar-refractivity contribution in [2.75, 3.05) is 0 Å². The molecule has 0 bridgehead atoms. The summed E-state index contributed by atoms with van der Waals surface area (Å²) in [5, 5.41) is 5.61. The number of pyridine rings is 1. The SMILES string of the molecule is Cn1cc(-c2ccnc3[nH]ccc23)c(-c2ccncn2)n1. The van der Waals surface area contributed by atoms with Gasteiger partial charge in [-0.2, -0.15) is 5.10 Å². The third kappa shape index (κ3) is 1.88. The molecule has 6 heteroatoms. The van der Waals surface area contributed by atoms with Gasteiger partial charge in [0.1, 0.15) is 17.7 Å². The first-order valence-electron chi connectivity index (χ1n) is 6.55. The summed E-state index contributed by atoms with van der Waals surface area (Å²) in [5.74, 6) is 0. The van der Waals surface area contributed by atoms with Crippen molar-refractivity contribution >= 4 is 11.0 Å². The zero-order chi connectivity index (χ0) is 14.2. The molecule has 0 radical (unpaired) electrons. The van der Waals surface area contributed by atoms with Crippen molar-refractivity contribution in [3.8, 4) is 22.5 Å². The van der Waals surface area contributed by atoms with Crippen LogP contribution in [-0.2, 0) is 7.05 Å². The van der Waals surface area contributed by atoms with Crippen LogP contribution in [0.5, 0.6) is 0 Å². The number of H-pyrrole nitrogens is 1. The van der Waals surface area contributed by atoms with Gasteiger partial charge in [0.25, 0.3) is 0 Å². The second-order valence-corrected chi connectivity index (χ2v) is 4.76. The van der Waals surface area contributed by atoms with Crippen molar-refractivity contribution in [2.45, 2.75) is 0 Å². The van der Waals surface area contributed by atoms with Crippen molar-refractivity contribution in [3.63, 3.8) is 0 Å². The van der Waals surface area contributed by atoms with Gasteiger partial charge in [0.05, 0.1) is 5.69 Å². The Morgan fingerprint density at radius 3 is 2.86 bits per heavy atom. The van der Waals surface area contributed by atoms with E-state index >= 15 is 0 Å². The molecule has 0 aromatic carbocycles. The Labute approximate surface area is 120 Å². The summed E-state index contributed by atoms with van der Waals surface area (Å²) in [6.07, 6.45) is 8.94. The lowest BCUT2D eigenvalue weighted by Gasteiger charge is -2.03. The number of aromatic amines is 1. The van der Waals surface area contributed by atoms with Crippen LogP contribution in [0.25, 0.3) is 33.5 Å². The van der Waals surface area contributed by atoms with Gasteiger partial charge >= 0.3 is 0 Å². The molecule has 0 spiro atoms. The highest BCUT2D eigenvalue weighted by Crippen LogP contribution is 2.33. The molecule has 21 heavy (non-hydrogen) atoms. The van der Waals surface area contributed by atoms with Crippen LogP contribution in [0.3, 0.4) is 0 Å². The molecule has 4 heterocycles. The molecular formula is C15H12N6. The van der Waals surface area contributed by atoms with Crippen LogP contribution in [0.2, 0.25) is 0 Å². The molecule has 0 fully saturated rings. The van der Waals surface area contributed by atoms with Gasteiger partial charge in [0.15, 0.2) is 0 Å². The Balaban J connectivity index is 2.00. The number of nitrogens with one attached hydrogen (secondary N) is 1. The van der Waals surface area contributed by atoms with E-state index in [4.69, 9.17) is 0 Å². The predicted octanol–water partition coefficient (Wildman–Crippen LogP) is 2.42. The first-order valence-corrected chi connectivity index (χ1v) is 6.55. The molecular weight excluding hydrogens is 264 g/mol. The first kappa shape index (κ1) is 11.8. The van der Waals surface area contributed by atoms with Gasteiger partial charge in [-0.1, -0.05) is 0 Å². The summed E-state index contributed by atoms with van der Waals surface area (Å²) in [5.41, 5.74) is 4.63. The van der Waals surface area contributed by atoms with Crippen molar-refractivity contribution in [1.29, 1.82) is 0 Å². The second kappa shape index (κ2) is 4.52. The average Bonchev–Trinajstić information content (AvgIpc) is 3.14. The third-order valence-electron chi connectivity index (χ3n) is 3.40. The van der Waals surface area contributed by atoms with Crippen molar-refractivity contribution in [3.05, 3.63) is 49.3 Å². The summed E-state index contributed by atoms with van der Waals surface area (Å²) in [4.78, 5) is 15.7. The van der Waals surface area contributed by atoms with Crippen LogP contribution in [0.15, 0.2) is 49.3 Å². The Hall–Kier alpha value is -3.02. The smallest absolute Gasteiger partial charge is 0.137 e. The molecule has 1 N–H and O–H groups in total. The predicted molar refractivity (Wildman–Crippen MR) is 79.3 cm³/mol. The molecule has 0 aliphatic carbocycles. The summed E-state index contributed by atoms with van der Waals surface area (Å²) in [6.45, 7) is 0. The monoisotopic (exact) mass is 276 g/mol. The Kier molecular flexibility index (Phi) is 2.53. The van der Waals surface area contributed by atoms with E-state index in [1.807, 2.05) is 37.6 Å². The van der Waals surface area contributed by atoms with Crippen LogP contribution >= 0.6 is 0 Å². The summed E-state index contributed by atoms with van der Waals surface area (Å²) >= 11 is 0. The Bertz CT molecular complexity index is 906. The minimum atomic E-state index is 0.807. The van der Waals surface area contributed by atoms with E-state index in [0.29, 0.717) is 0 Å². The van der Waals surface area contributed by atoms with E-state index in [2.05, 4.69) is 25.0 Å². The fourth-order valence-electron chi connectivity index (χ4n) is 2.50. The number of nitrogens with zero attached hydrogens (tertiary/aromatic N) is 5. The molecule has 0 saturated carbocycles. The molecule has 102 valence electrons. The first-order chi connectivity index (χ1) is 10.3. The van der Waals surface area contributed by atoms with Gasteiger partial charge < -0.3 is 4.98 Å². The normalized spacial score (nSPS) is 11.1. The number of rotatable bonds is 2. The number of hydrogen-bond donors (Lipinski definition) is 1. The fourth-order valence-corrected chi connectivity index (χ4v) is 2.50. The maximum atomic E-state index is 4.54. The topological polar surface area (TPSA) is 72.3 Å². The van der Waals surface area contributed by atoms with E-state index < -0.39 is 0 Å². The maximum absolute atomic E-state index is 4.54.